The molecule has 1 aromatic carbocycles. The lowest BCUT2D eigenvalue weighted by Gasteiger charge is -2.12. The molecule has 0 saturated heterocycles. The Morgan fingerprint density at radius 3 is 2.79 bits per heavy atom. The number of unbranched alkanes of at least 4 members (excludes halogenated alkanes) is 2. The number of carbonyl (C=O) groups excluding carboxylic acids is 1. The van der Waals surface area contributed by atoms with Crippen molar-refractivity contribution in [2.75, 3.05) is 24.3 Å². The summed E-state index contributed by atoms with van der Waals surface area (Å²) in [5.41, 5.74) is 2.28. The summed E-state index contributed by atoms with van der Waals surface area (Å²) in [5.74, 6) is 1.17. The van der Waals surface area contributed by atoms with Gasteiger partial charge in [-0.05, 0) is 43.2 Å². The summed E-state index contributed by atoms with van der Waals surface area (Å²) in [4.78, 5) is 16.8. The molecule has 0 aliphatic heterocycles. The molecule has 5 nitrogen and oxygen atoms in total. The van der Waals surface area contributed by atoms with E-state index in [1.807, 2.05) is 25.1 Å². The number of hydrogen-bond donors (Lipinski definition) is 2. The highest BCUT2D eigenvalue weighted by molar-refractivity contribution is 6.05. The van der Waals surface area contributed by atoms with Crippen LogP contribution in [0.4, 0.5) is 11.5 Å². The monoisotopic (exact) mass is 327 g/mol. The molecule has 2 N–H and O–H groups in total. The summed E-state index contributed by atoms with van der Waals surface area (Å²) in [6, 6.07) is 9.15. The maximum atomic E-state index is 12.5. The molecular weight excluding hydrogens is 302 g/mol. The lowest BCUT2D eigenvalue weighted by Crippen LogP contribution is -2.14. The van der Waals surface area contributed by atoms with Crippen molar-refractivity contribution in [3.05, 3.63) is 47.7 Å². The third-order valence-corrected chi connectivity index (χ3v) is 3.71. The Hall–Kier alpha value is -2.56. The van der Waals surface area contributed by atoms with Crippen LogP contribution in [-0.2, 0) is 0 Å². The standard InChI is InChI=1S/C19H25N3O2/c1-4-5-6-10-20-18-13-15(9-11-21-18)19(23)22-16-12-14(2)7-8-17(16)24-3/h7-9,11-13H,4-6,10H2,1-3H3,(H,20,21)(H,22,23). The minimum Gasteiger partial charge on any atom is -0.495 e. The summed E-state index contributed by atoms with van der Waals surface area (Å²) in [6.07, 6.45) is 5.09. The smallest absolute Gasteiger partial charge is 0.255 e. The van der Waals surface area contributed by atoms with Crippen molar-refractivity contribution < 1.29 is 9.53 Å². The number of aryl methyl sites for hydroxylation is 1. The molecule has 0 spiro atoms. The number of aromatic nitrogens is 1. The van der Waals surface area contributed by atoms with Crippen LogP contribution in [0.25, 0.3) is 0 Å². The molecule has 1 heterocycles. The van der Waals surface area contributed by atoms with Gasteiger partial charge >= 0.3 is 0 Å². The van der Waals surface area contributed by atoms with Crippen LogP contribution >= 0.6 is 0 Å². The Morgan fingerprint density at radius 2 is 2.04 bits per heavy atom. The van der Waals surface area contributed by atoms with Crippen molar-refractivity contribution >= 4 is 17.4 Å². The minimum atomic E-state index is -0.182. The van der Waals surface area contributed by atoms with Crippen molar-refractivity contribution in [1.29, 1.82) is 0 Å². The topological polar surface area (TPSA) is 63.2 Å². The zero-order valence-corrected chi connectivity index (χ0v) is 14.6. The lowest BCUT2D eigenvalue weighted by atomic mass is 10.2. The molecule has 1 aromatic heterocycles. The molecule has 0 atom stereocenters. The average Bonchev–Trinajstić information content (AvgIpc) is 2.59. The molecule has 0 unspecified atom stereocenters. The first-order chi connectivity index (χ1) is 11.6. The second-order valence-corrected chi connectivity index (χ2v) is 5.72. The number of hydrogen-bond acceptors (Lipinski definition) is 4. The van der Waals surface area contributed by atoms with E-state index >= 15 is 0 Å². The molecule has 0 saturated carbocycles. The number of nitrogens with one attached hydrogen (secondary N) is 2. The first-order valence-corrected chi connectivity index (χ1v) is 8.30. The lowest BCUT2D eigenvalue weighted by molar-refractivity contribution is 0.102. The third kappa shape index (κ3) is 4.98. The highest BCUT2D eigenvalue weighted by Crippen LogP contribution is 2.25. The number of nitrogens with zero attached hydrogens (tertiary/aromatic N) is 1. The highest BCUT2D eigenvalue weighted by Gasteiger charge is 2.11. The molecule has 0 fully saturated rings. The zero-order valence-electron chi connectivity index (χ0n) is 14.6. The second kappa shape index (κ2) is 8.91. The van der Waals surface area contributed by atoms with Crippen molar-refractivity contribution in [2.24, 2.45) is 0 Å². The molecule has 128 valence electrons. The number of ether oxygens (including phenoxy) is 1. The maximum Gasteiger partial charge on any atom is 0.255 e. The van der Waals surface area contributed by atoms with Crippen molar-refractivity contribution in [3.63, 3.8) is 0 Å². The van der Waals surface area contributed by atoms with E-state index in [2.05, 4.69) is 22.5 Å². The Balaban J connectivity index is 2.06. The molecule has 0 bridgehead atoms. The van der Waals surface area contributed by atoms with Gasteiger partial charge in [0.05, 0.1) is 12.8 Å². The van der Waals surface area contributed by atoms with Gasteiger partial charge in [0.2, 0.25) is 0 Å². The van der Waals surface area contributed by atoms with E-state index in [1.54, 1.807) is 25.4 Å². The van der Waals surface area contributed by atoms with Gasteiger partial charge in [-0.25, -0.2) is 4.98 Å². The summed E-state index contributed by atoms with van der Waals surface area (Å²) in [5, 5.41) is 6.16. The van der Waals surface area contributed by atoms with Crippen LogP contribution in [0.15, 0.2) is 36.5 Å². The van der Waals surface area contributed by atoms with Gasteiger partial charge in [0.25, 0.3) is 5.91 Å². The van der Waals surface area contributed by atoms with Gasteiger partial charge in [0, 0.05) is 18.3 Å². The number of benzene rings is 1. The van der Waals surface area contributed by atoms with E-state index in [0.717, 1.165) is 24.3 Å². The Kier molecular flexibility index (Phi) is 6.61. The van der Waals surface area contributed by atoms with E-state index in [9.17, 15) is 4.79 Å². The first kappa shape index (κ1) is 17.8. The fourth-order valence-corrected chi connectivity index (χ4v) is 2.37. The summed E-state index contributed by atoms with van der Waals surface area (Å²) < 4.78 is 5.30. The first-order valence-electron chi connectivity index (χ1n) is 8.30. The van der Waals surface area contributed by atoms with E-state index in [1.165, 1.54) is 12.8 Å². The van der Waals surface area contributed by atoms with E-state index < -0.39 is 0 Å². The Bertz CT molecular complexity index is 686. The Labute approximate surface area is 143 Å². The van der Waals surface area contributed by atoms with E-state index in [-0.39, 0.29) is 5.91 Å². The van der Waals surface area contributed by atoms with Crippen molar-refractivity contribution in [3.8, 4) is 5.75 Å². The number of methoxy groups -OCH3 is 1. The third-order valence-electron chi connectivity index (χ3n) is 3.71. The van der Waals surface area contributed by atoms with Crippen LogP contribution in [0.3, 0.4) is 0 Å². The number of pyridine rings is 1. The number of amides is 1. The molecule has 0 aliphatic rings. The average molecular weight is 327 g/mol. The normalized spacial score (nSPS) is 10.3. The van der Waals surface area contributed by atoms with Crippen LogP contribution < -0.4 is 15.4 Å². The largest absolute Gasteiger partial charge is 0.495 e. The number of carbonyl (C=O) groups is 1. The molecule has 0 radical (unpaired) electrons. The summed E-state index contributed by atoms with van der Waals surface area (Å²) in [7, 11) is 1.59. The molecule has 5 heteroatoms. The van der Waals surface area contributed by atoms with E-state index in [0.29, 0.717) is 17.0 Å². The van der Waals surface area contributed by atoms with Crippen molar-refractivity contribution in [1.82, 2.24) is 4.98 Å². The predicted octanol–water partition coefficient (Wildman–Crippen LogP) is 4.25. The predicted molar refractivity (Wildman–Crippen MR) is 97.9 cm³/mol. The van der Waals surface area contributed by atoms with Crippen LogP contribution in [0.1, 0.15) is 42.1 Å². The molecule has 2 rings (SSSR count). The molecule has 1 amide bonds. The van der Waals surface area contributed by atoms with E-state index in [4.69, 9.17) is 4.74 Å². The fourth-order valence-electron chi connectivity index (χ4n) is 2.37. The minimum absolute atomic E-state index is 0.182. The molecule has 2 aromatic rings. The SMILES string of the molecule is CCCCCNc1cc(C(=O)Nc2cc(C)ccc2OC)ccn1. The highest BCUT2D eigenvalue weighted by atomic mass is 16.5. The van der Waals surface area contributed by atoms with Gasteiger partial charge in [0.15, 0.2) is 0 Å². The van der Waals surface area contributed by atoms with Crippen LogP contribution in [0.2, 0.25) is 0 Å². The second-order valence-electron chi connectivity index (χ2n) is 5.72. The van der Waals surface area contributed by atoms with Gasteiger partial charge in [-0.1, -0.05) is 25.8 Å². The van der Waals surface area contributed by atoms with Crippen LogP contribution in [0, 0.1) is 6.92 Å². The van der Waals surface area contributed by atoms with Gasteiger partial charge in [-0.2, -0.15) is 0 Å². The van der Waals surface area contributed by atoms with Gasteiger partial charge in [-0.15, -0.1) is 0 Å². The van der Waals surface area contributed by atoms with Gasteiger partial charge < -0.3 is 15.4 Å². The van der Waals surface area contributed by atoms with Crippen LogP contribution in [-0.4, -0.2) is 24.5 Å². The van der Waals surface area contributed by atoms with Crippen molar-refractivity contribution in [2.45, 2.75) is 33.1 Å². The zero-order chi connectivity index (χ0) is 17.4. The Morgan fingerprint density at radius 1 is 1.21 bits per heavy atom. The summed E-state index contributed by atoms with van der Waals surface area (Å²) in [6.45, 7) is 5.00. The maximum absolute atomic E-state index is 12.5. The molecule has 24 heavy (non-hydrogen) atoms. The van der Waals surface area contributed by atoms with Gasteiger partial charge in [-0.3, -0.25) is 4.79 Å². The fraction of sp³-hybridized carbons (Fsp3) is 0.368. The van der Waals surface area contributed by atoms with Crippen LogP contribution in [0.5, 0.6) is 5.75 Å². The summed E-state index contributed by atoms with van der Waals surface area (Å²) >= 11 is 0. The number of anilines is 2. The quantitative estimate of drug-likeness (QED) is 0.711. The van der Waals surface area contributed by atoms with Gasteiger partial charge in [0.1, 0.15) is 11.6 Å². The molecule has 0 aliphatic carbocycles. The number of rotatable bonds is 8. The molecular formula is C19H25N3O2.